The lowest BCUT2D eigenvalue weighted by Gasteiger charge is -2.18. The van der Waals surface area contributed by atoms with Gasteiger partial charge in [0.15, 0.2) is 5.78 Å². The topological polar surface area (TPSA) is 50.1 Å². The third kappa shape index (κ3) is 1.16. The molecular weight excluding hydrogens is 178 g/mol. The molecule has 0 aliphatic carbocycles. The molecule has 0 spiro atoms. The van der Waals surface area contributed by atoms with Crippen LogP contribution in [0.2, 0.25) is 0 Å². The van der Waals surface area contributed by atoms with Crippen LogP contribution in [0, 0.1) is 18.3 Å². The molecule has 3 nitrogen and oxygen atoms in total. The van der Waals surface area contributed by atoms with Gasteiger partial charge in [-0.2, -0.15) is 5.26 Å². The number of nitriles is 1. The molecule has 1 aliphatic rings. The Morgan fingerprint density at radius 2 is 2.29 bits per heavy atom. The van der Waals surface area contributed by atoms with Crippen molar-refractivity contribution in [3.05, 3.63) is 28.8 Å². The number of ketones is 1. The fourth-order valence-corrected chi connectivity index (χ4v) is 1.60. The van der Waals surface area contributed by atoms with Crippen LogP contribution in [-0.4, -0.2) is 12.4 Å². The molecule has 2 rings (SSSR count). The van der Waals surface area contributed by atoms with E-state index in [2.05, 4.69) is 6.07 Å². The number of carbonyl (C=O) groups is 1. The van der Waals surface area contributed by atoms with Crippen LogP contribution < -0.4 is 4.74 Å². The van der Waals surface area contributed by atoms with E-state index in [1.807, 2.05) is 0 Å². The molecule has 0 atom stereocenters. The minimum atomic E-state index is 0.0961. The molecule has 3 heteroatoms. The first kappa shape index (κ1) is 8.76. The molecule has 0 N–H and O–H groups in total. The molecule has 0 fully saturated rings. The number of hydrogen-bond acceptors (Lipinski definition) is 3. The molecule has 0 saturated heterocycles. The number of Topliss-reactive ketones (excluding diaryl/α,β-unsaturated/α-hetero) is 1. The summed E-state index contributed by atoms with van der Waals surface area (Å²) in [5.74, 6) is 0.680. The van der Waals surface area contributed by atoms with Crippen molar-refractivity contribution in [3.63, 3.8) is 0 Å². The van der Waals surface area contributed by atoms with Crippen LogP contribution in [0.5, 0.6) is 5.75 Å². The van der Waals surface area contributed by atoms with Gasteiger partial charge >= 0.3 is 0 Å². The average Bonchev–Trinajstić information content (AvgIpc) is 2.20. The summed E-state index contributed by atoms with van der Waals surface area (Å²) in [6.45, 7) is 2.22. The van der Waals surface area contributed by atoms with E-state index < -0.39 is 0 Å². The zero-order chi connectivity index (χ0) is 10.1. The first-order chi connectivity index (χ1) is 6.74. The number of rotatable bonds is 0. The van der Waals surface area contributed by atoms with E-state index in [9.17, 15) is 4.79 Å². The molecule has 1 aromatic carbocycles. The van der Waals surface area contributed by atoms with Crippen molar-refractivity contribution in [2.24, 2.45) is 0 Å². The highest BCUT2D eigenvalue weighted by Gasteiger charge is 2.21. The van der Waals surface area contributed by atoms with E-state index in [-0.39, 0.29) is 5.78 Å². The highest BCUT2D eigenvalue weighted by Crippen LogP contribution is 2.30. The van der Waals surface area contributed by atoms with Crippen LogP contribution in [0.4, 0.5) is 0 Å². The molecule has 0 radical (unpaired) electrons. The van der Waals surface area contributed by atoms with Gasteiger partial charge in [-0.15, -0.1) is 0 Å². The Morgan fingerprint density at radius 3 is 3.00 bits per heavy atom. The molecule has 0 saturated carbocycles. The van der Waals surface area contributed by atoms with Gasteiger partial charge in [0.05, 0.1) is 23.8 Å². The molecule has 1 aliphatic heterocycles. The Bertz CT molecular complexity index is 443. The van der Waals surface area contributed by atoms with Gasteiger partial charge < -0.3 is 4.74 Å². The first-order valence-corrected chi connectivity index (χ1v) is 4.43. The number of carbonyl (C=O) groups excluding carboxylic acids is 1. The Balaban J connectivity index is 2.64. The van der Waals surface area contributed by atoms with E-state index in [1.165, 1.54) is 0 Å². The fraction of sp³-hybridized carbons (Fsp3) is 0.273. The van der Waals surface area contributed by atoms with Gasteiger partial charge in [0.25, 0.3) is 0 Å². The van der Waals surface area contributed by atoms with Crippen molar-refractivity contribution in [3.8, 4) is 11.8 Å². The van der Waals surface area contributed by atoms with Crippen molar-refractivity contribution in [2.75, 3.05) is 6.61 Å². The number of fused-ring (bicyclic) bond motifs is 1. The van der Waals surface area contributed by atoms with Crippen LogP contribution >= 0.6 is 0 Å². The van der Waals surface area contributed by atoms with Crippen molar-refractivity contribution in [1.82, 2.24) is 0 Å². The largest absolute Gasteiger partial charge is 0.492 e. The van der Waals surface area contributed by atoms with Crippen LogP contribution in [0.25, 0.3) is 0 Å². The van der Waals surface area contributed by atoms with Gasteiger partial charge in [0.1, 0.15) is 5.75 Å². The van der Waals surface area contributed by atoms with Crippen molar-refractivity contribution in [2.45, 2.75) is 13.3 Å². The minimum absolute atomic E-state index is 0.0961. The number of hydrogen-bond donors (Lipinski definition) is 0. The summed E-state index contributed by atoms with van der Waals surface area (Å²) in [4.78, 5) is 11.5. The molecule has 1 heterocycles. The predicted molar refractivity (Wildman–Crippen MR) is 50.3 cm³/mol. The van der Waals surface area contributed by atoms with Crippen LogP contribution in [-0.2, 0) is 0 Å². The minimum Gasteiger partial charge on any atom is -0.492 e. The summed E-state index contributed by atoms with van der Waals surface area (Å²) in [7, 11) is 0. The van der Waals surface area contributed by atoms with E-state index in [0.717, 1.165) is 5.56 Å². The maximum Gasteiger partial charge on any atom is 0.170 e. The first-order valence-electron chi connectivity index (χ1n) is 4.43. The highest BCUT2D eigenvalue weighted by molar-refractivity contribution is 6.00. The number of benzene rings is 1. The summed E-state index contributed by atoms with van der Waals surface area (Å²) in [6, 6.07) is 5.41. The third-order valence-electron chi connectivity index (χ3n) is 2.40. The second-order valence-electron chi connectivity index (χ2n) is 3.25. The molecule has 14 heavy (non-hydrogen) atoms. The molecule has 0 unspecified atom stereocenters. The smallest absolute Gasteiger partial charge is 0.170 e. The third-order valence-corrected chi connectivity index (χ3v) is 2.40. The van der Waals surface area contributed by atoms with E-state index in [0.29, 0.717) is 29.9 Å². The quantitative estimate of drug-likeness (QED) is 0.622. The Labute approximate surface area is 81.9 Å². The molecule has 0 bridgehead atoms. The SMILES string of the molecule is Cc1c(C#N)ccc2c1OCCC2=O. The van der Waals surface area contributed by atoms with Crippen LogP contribution in [0.15, 0.2) is 12.1 Å². The monoisotopic (exact) mass is 187 g/mol. The summed E-state index contributed by atoms with van der Waals surface area (Å²) in [5.41, 5.74) is 1.93. The Morgan fingerprint density at radius 1 is 1.50 bits per heavy atom. The summed E-state index contributed by atoms with van der Waals surface area (Å²) in [6.07, 6.45) is 0.429. The maximum absolute atomic E-state index is 11.5. The summed E-state index contributed by atoms with van der Waals surface area (Å²) in [5, 5.41) is 8.80. The van der Waals surface area contributed by atoms with Gasteiger partial charge in [0.2, 0.25) is 0 Å². The van der Waals surface area contributed by atoms with Gasteiger partial charge in [-0.05, 0) is 19.1 Å². The molecule has 1 aromatic rings. The second kappa shape index (κ2) is 3.15. The lowest BCUT2D eigenvalue weighted by atomic mass is 9.98. The van der Waals surface area contributed by atoms with Crippen LogP contribution in [0.3, 0.4) is 0 Å². The standard InChI is InChI=1S/C11H9NO2/c1-7-8(6-12)2-3-9-10(13)4-5-14-11(7)9/h2-3H,4-5H2,1H3. The summed E-state index contributed by atoms with van der Waals surface area (Å²) >= 11 is 0. The van der Waals surface area contributed by atoms with Gasteiger partial charge in [-0.25, -0.2) is 0 Å². The predicted octanol–water partition coefficient (Wildman–Crippen LogP) is 1.83. The molecule has 0 aromatic heterocycles. The highest BCUT2D eigenvalue weighted by atomic mass is 16.5. The molecule has 70 valence electrons. The lowest BCUT2D eigenvalue weighted by Crippen LogP contribution is -2.16. The van der Waals surface area contributed by atoms with E-state index in [4.69, 9.17) is 10.00 Å². The molecular formula is C11H9NO2. The van der Waals surface area contributed by atoms with Gasteiger partial charge in [-0.1, -0.05) is 0 Å². The van der Waals surface area contributed by atoms with E-state index in [1.54, 1.807) is 19.1 Å². The zero-order valence-corrected chi connectivity index (χ0v) is 7.83. The van der Waals surface area contributed by atoms with E-state index >= 15 is 0 Å². The Kier molecular flexibility index (Phi) is 1.97. The average molecular weight is 187 g/mol. The van der Waals surface area contributed by atoms with Crippen molar-refractivity contribution in [1.29, 1.82) is 5.26 Å². The second-order valence-corrected chi connectivity index (χ2v) is 3.25. The lowest BCUT2D eigenvalue weighted by molar-refractivity contribution is 0.0933. The molecule has 0 amide bonds. The Hall–Kier alpha value is -1.82. The maximum atomic E-state index is 11.5. The normalized spacial score (nSPS) is 14.1. The van der Waals surface area contributed by atoms with Gasteiger partial charge in [-0.3, -0.25) is 4.79 Å². The van der Waals surface area contributed by atoms with Crippen molar-refractivity contribution < 1.29 is 9.53 Å². The fourth-order valence-electron chi connectivity index (χ4n) is 1.60. The van der Waals surface area contributed by atoms with Gasteiger partial charge in [0, 0.05) is 12.0 Å². The zero-order valence-electron chi connectivity index (χ0n) is 7.83. The van der Waals surface area contributed by atoms with Crippen LogP contribution in [0.1, 0.15) is 27.9 Å². The van der Waals surface area contributed by atoms with Crippen molar-refractivity contribution >= 4 is 5.78 Å². The number of nitrogens with zero attached hydrogens (tertiary/aromatic N) is 1. The summed E-state index contributed by atoms with van der Waals surface area (Å²) < 4.78 is 5.40. The number of ether oxygens (including phenoxy) is 1.